The van der Waals surface area contributed by atoms with E-state index in [0.29, 0.717) is 61.3 Å². The molecule has 4 aromatic carbocycles. The third-order valence-electron chi connectivity index (χ3n) is 10.8. The van der Waals surface area contributed by atoms with Gasteiger partial charge < -0.3 is 49.4 Å². The maximum atomic E-state index is 13.7. The summed E-state index contributed by atoms with van der Waals surface area (Å²) in [6.07, 6.45) is 3.89. The van der Waals surface area contributed by atoms with E-state index in [2.05, 4.69) is 17.2 Å². The number of nitrogens with one attached hydrogen (secondary N) is 1. The van der Waals surface area contributed by atoms with Gasteiger partial charge in [0.05, 0.1) is 37.9 Å². The van der Waals surface area contributed by atoms with Gasteiger partial charge in [-0.15, -0.1) is 11.6 Å². The van der Waals surface area contributed by atoms with Crippen LogP contribution in [0.1, 0.15) is 69.8 Å². The number of pyridine rings is 1. The molecule has 0 fully saturated rings. The van der Waals surface area contributed by atoms with Gasteiger partial charge >= 0.3 is 6.09 Å². The molecule has 7 rings (SSSR count). The monoisotopic (exact) mass is 910 g/mol. The van der Waals surface area contributed by atoms with Crippen LogP contribution in [0.2, 0.25) is 0 Å². The van der Waals surface area contributed by atoms with Crippen LogP contribution in [0.3, 0.4) is 0 Å². The van der Waals surface area contributed by atoms with Gasteiger partial charge in [-0.25, -0.2) is 9.78 Å². The van der Waals surface area contributed by atoms with E-state index in [0.717, 1.165) is 33.9 Å². The molecule has 16 heteroatoms. The molecule has 1 aliphatic heterocycles. The van der Waals surface area contributed by atoms with E-state index >= 15 is 0 Å². The van der Waals surface area contributed by atoms with E-state index in [-0.39, 0.29) is 61.5 Å². The second-order valence-electron chi connectivity index (χ2n) is 15.1. The number of aliphatic hydroxyl groups excluding tert-OH is 2. The molecule has 0 bridgehead atoms. The molecule has 3 heterocycles. The number of aliphatic hydroxyl groups is 2. The highest BCUT2D eigenvalue weighted by molar-refractivity contribution is 6.19. The Labute approximate surface area is 384 Å². The number of anilines is 2. The zero-order valence-electron chi connectivity index (χ0n) is 37.5. The van der Waals surface area contributed by atoms with E-state index in [1.54, 1.807) is 51.8 Å². The summed E-state index contributed by atoms with van der Waals surface area (Å²) in [7, 11) is 1.67. The molecule has 3 amide bonds. The Morgan fingerprint density at radius 2 is 1.63 bits per heavy atom. The lowest BCUT2D eigenvalue weighted by molar-refractivity contribution is 0.0397. The first-order valence-corrected chi connectivity index (χ1v) is 22.2. The average Bonchev–Trinajstić information content (AvgIpc) is 3.93. The van der Waals surface area contributed by atoms with Crippen LogP contribution in [-0.2, 0) is 22.5 Å². The fourth-order valence-electron chi connectivity index (χ4n) is 7.26. The lowest BCUT2D eigenvalue weighted by Crippen LogP contribution is -2.38. The summed E-state index contributed by atoms with van der Waals surface area (Å²) >= 11 is 6.35. The number of amides is 3. The highest BCUT2D eigenvalue weighted by Gasteiger charge is 2.36. The maximum absolute atomic E-state index is 13.7. The number of aryl methyl sites for hydroxylation is 2. The molecule has 0 saturated carbocycles. The van der Waals surface area contributed by atoms with Crippen LogP contribution in [0.25, 0.3) is 16.4 Å². The number of hydrogen-bond donors (Lipinski definition) is 5. The summed E-state index contributed by atoms with van der Waals surface area (Å²) in [6, 6.07) is 24.7. The molecule has 0 unspecified atom stereocenters. The molecule has 0 aliphatic carbocycles. The molecule has 2 aromatic heterocycles. The van der Waals surface area contributed by atoms with Gasteiger partial charge in [0, 0.05) is 74.4 Å². The molecule has 5 N–H and O–H groups in total. The molecular formula is C49H59ClN6O9. The number of ether oxygens (including phenoxy) is 2. The predicted molar refractivity (Wildman–Crippen MR) is 253 cm³/mol. The summed E-state index contributed by atoms with van der Waals surface area (Å²) in [6.45, 7) is 10.7. The van der Waals surface area contributed by atoms with Crippen LogP contribution in [0.15, 0.2) is 97.3 Å². The Bertz CT molecular complexity index is 2520. The normalized spacial score (nSPS) is 12.9. The standard InChI is InChI=1S/C29H23ClN4O4.C18H30N2O5.C2H6/c1-16-3-2-4-21-24(36)11-23-27(26(16)21)18(12-30)13-34(23)29(38)22-15-33-14-19(7-10-25(33)32-22)31-28(37)17-5-8-20(35)9-6-17;1-3-16-4-6-17(7-5-16)14-25-18(23)19(2)8-9-20(15-22)10-12-24-13-11-21;1-2/h2-11,14-15,18,35-36H,12-13H2,1H3,(H,31,37);4-7,21-22H,3,8-15H2,1-2H3;1-2H3/t18-;;/m1../s1. The van der Waals surface area contributed by atoms with Crippen molar-refractivity contribution in [3.63, 3.8) is 0 Å². The summed E-state index contributed by atoms with van der Waals surface area (Å²) in [4.78, 5) is 47.6. The minimum absolute atomic E-state index is 0.0190. The first-order chi connectivity index (χ1) is 31.4. The van der Waals surface area contributed by atoms with Gasteiger partial charge in [0.15, 0.2) is 0 Å². The van der Waals surface area contributed by atoms with Crippen molar-refractivity contribution in [2.45, 2.75) is 46.6 Å². The molecular weight excluding hydrogens is 852 g/mol. The summed E-state index contributed by atoms with van der Waals surface area (Å²) < 4.78 is 12.1. The molecule has 0 spiro atoms. The minimum Gasteiger partial charge on any atom is -0.508 e. The number of hydrogen-bond acceptors (Lipinski definition) is 11. The van der Waals surface area contributed by atoms with E-state index in [1.807, 2.05) is 63.2 Å². The van der Waals surface area contributed by atoms with Crippen molar-refractivity contribution in [3.8, 4) is 11.5 Å². The van der Waals surface area contributed by atoms with Gasteiger partial charge in [-0.1, -0.05) is 63.2 Å². The SMILES string of the molecule is CC.CCc1ccc(COC(=O)N(C)CCN(CO)CCOCCO)cc1.Cc1cccc2c(O)cc3c(c12)[C@H](CCl)CN3C(=O)c1cn2cc(NC(=O)c3ccc(O)cc3)ccc2n1. The van der Waals surface area contributed by atoms with Crippen LogP contribution in [0.4, 0.5) is 16.2 Å². The molecule has 1 aliphatic rings. The zero-order valence-corrected chi connectivity index (χ0v) is 38.3. The van der Waals surface area contributed by atoms with Gasteiger partial charge in [-0.05, 0) is 77.4 Å². The number of rotatable bonds is 16. The Balaban J connectivity index is 0.000000257. The Morgan fingerprint density at radius 3 is 2.31 bits per heavy atom. The maximum Gasteiger partial charge on any atom is 0.409 e. The number of phenols is 2. The largest absolute Gasteiger partial charge is 0.508 e. The molecule has 0 saturated heterocycles. The molecule has 6 aromatic rings. The number of phenolic OH excluding ortho intramolecular Hbond substituents is 2. The average molecular weight is 911 g/mol. The third kappa shape index (κ3) is 12.7. The zero-order chi connectivity index (χ0) is 47.0. The van der Waals surface area contributed by atoms with E-state index < -0.39 is 6.09 Å². The number of benzene rings is 4. The molecule has 346 valence electrons. The Kier molecular flexibility index (Phi) is 18.5. The number of aromatic hydroxyl groups is 2. The Morgan fingerprint density at radius 1 is 0.908 bits per heavy atom. The number of likely N-dealkylation sites (N-methyl/N-ethyl adjacent to an activating group) is 1. The topological polar surface area (TPSA) is 190 Å². The second kappa shape index (κ2) is 24.2. The number of fused-ring (bicyclic) bond motifs is 4. The van der Waals surface area contributed by atoms with Crippen molar-refractivity contribution in [2.75, 3.05) is 75.9 Å². The number of imidazole rings is 1. The number of nitrogens with zero attached hydrogens (tertiary/aromatic N) is 5. The molecule has 65 heavy (non-hydrogen) atoms. The van der Waals surface area contributed by atoms with Crippen molar-refractivity contribution in [1.82, 2.24) is 19.2 Å². The van der Waals surface area contributed by atoms with Crippen LogP contribution >= 0.6 is 11.6 Å². The number of halogens is 1. The third-order valence-corrected chi connectivity index (χ3v) is 11.2. The highest BCUT2D eigenvalue weighted by atomic mass is 35.5. The summed E-state index contributed by atoms with van der Waals surface area (Å²) in [5.41, 5.74) is 6.51. The Hall–Kier alpha value is -6.23. The van der Waals surface area contributed by atoms with Gasteiger partial charge in [0.25, 0.3) is 11.8 Å². The van der Waals surface area contributed by atoms with Crippen LogP contribution in [0, 0.1) is 6.92 Å². The van der Waals surface area contributed by atoms with Crippen molar-refractivity contribution in [2.24, 2.45) is 0 Å². The van der Waals surface area contributed by atoms with Gasteiger partial charge in [-0.3, -0.25) is 14.5 Å². The predicted octanol–water partition coefficient (Wildman–Crippen LogP) is 7.55. The second-order valence-corrected chi connectivity index (χ2v) is 15.5. The first-order valence-electron chi connectivity index (χ1n) is 21.6. The number of carbonyl (C=O) groups is 3. The number of aromatic nitrogens is 2. The first kappa shape index (κ1) is 49.8. The highest BCUT2D eigenvalue weighted by Crippen LogP contribution is 2.46. The van der Waals surface area contributed by atoms with Gasteiger partial charge in [-0.2, -0.15) is 0 Å². The van der Waals surface area contributed by atoms with Crippen molar-refractivity contribution < 1.29 is 44.3 Å². The smallest absolute Gasteiger partial charge is 0.409 e. The fourth-order valence-corrected chi connectivity index (χ4v) is 7.51. The lowest BCUT2D eigenvalue weighted by atomic mass is 9.92. The molecule has 1 atom stereocenters. The van der Waals surface area contributed by atoms with Crippen LogP contribution in [-0.4, -0.2) is 123 Å². The fraction of sp³-hybridized carbons (Fsp3) is 0.347. The van der Waals surface area contributed by atoms with E-state index in [4.69, 9.17) is 26.2 Å². The lowest BCUT2D eigenvalue weighted by Gasteiger charge is -2.23. The number of alkyl halides is 1. The van der Waals surface area contributed by atoms with Crippen molar-refractivity contribution >= 4 is 57.3 Å². The molecule has 15 nitrogen and oxygen atoms in total. The van der Waals surface area contributed by atoms with Crippen LogP contribution in [0.5, 0.6) is 11.5 Å². The van der Waals surface area contributed by atoms with Crippen LogP contribution < -0.4 is 10.2 Å². The summed E-state index contributed by atoms with van der Waals surface area (Å²) in [5, 5.41) is 42.6. The van der Waals surface area contributed by atoms with Gasteiger partial charge in [0.2, 0.25) is 0 Å². The summed E-state index contributed by atoms with van der Waals surface area (Å²) in [5.74, 6) is -0.193. The van der Waals surface area contributed by atoms with Crippen molar-refractivity contribution in [3.05, 3.63) is 131 Å². The van der Waals surface area contributed by atoms with Crippen molar-refractivity contribution in [1.29, 1.82) is 0 Å². The van der Waals surface area contributed by atoms with Gasteiger partial charge in [0.1, 0.15) is 29.4 Å². The molecule has 0 radical (unpaired) electrons. The minimum atomic E-state index is -0.394. The van der Waals surface area contributed by atoms with E-state index in [9.17, 15) is 29.7 Å². The quantitative estimate of drug-likeness (QED) is 0.0367. The van der Waals surface area contributed by atoms with E-state index in [1.165, 1.54) is 34.7 Å². The number of carbonyl (C=O) groups excluding carboxylic acids is 3.